The molecule has 0 spiro atoms. The highest BCUT2D eigenvalue weighted by Gasteiger charge is 2.28. The van der Waals surface area contributed by atoms with Gasteiger partial charge in [-0.1, -0.05) is 24.3 Å². The fourth-order valence-corrected chi connectivity index (χ4v) is 8.28. The second-order valence-electron chi connectivity index (χ2n) is 11.0. The Balaban J connectivity index is 1.45. The van der Waals surface area contributed by atoms with Crippen LogP contribution in [0.2, 0.25) is 0 Å². The van der Waals surface area contributed by atoms with Gasteiger partial charge in [0, 0.05) is 30.0 Å². The van der Waals surface area contributed by atoms with E-state index in [2.05, 4.69) is 16.6 Å². The Morgan fingerprint density at radius 3 is 2.25 bits per heavy atom. The number of hydrogen-bond donors (Lipinski definition) is 2. The molecule has 4 aromatic rings. The zero-order valence-corrected chi connectivity index (χ0v) is 28.4. The quantitative estimate of drug-likeness (QED) is 0.160. The molecule has 4 aromatic carbocycles. The molecule has 1 saturated heterocycles. The number of anilines is 4. The van der Waals surface area contributed by atoms with Crippen molar-refractivity contribution in [2.75, 3.05) is 53.1 Å². The van der Waals surface area contributed by atoms with E-state index in [1.54, 1.807) is 60.7 Å². The number of para-hydroxylation sites is 2. The maximum absolute atomic E-state index is 13.9. The van der Waals surface area contributed by atoms with Crippen LogP contribution in [0.25, 0.3) is 0 Å². The minimum absolute atomic E-state index is 0.00576. The Morgan fingerprint density at radius 1 is 0.854 bits per heavy atom. The van der Waals surface area contributed by atoms with Gasteiger partial charge < -0.3 is 19.7 Å². The first kappa shape index (κ1) is 34.3. The van der Waals surface area contributed by atoms with Gasteiger partial charge >= 0.3 is 0 Å². The summed E-state index contributed by atoms with van der Waals surface area (Å²) >= 11 is 0. The first-order chi connectivity index (χ1) is 23.1. The van der Waals surface area contributed by atoms with Crippen LogP contribution < -0.4 is 28.7 Å². The van der Waals surface area contributed by atoms with Gasteiger partial charge in [0.05, 0.1) is 37.0 Å². The lowest BCUT2D eigenvalue weighted by Crippen LogP contribution is -2.31. The third kappa shape index (κ3) is 7.58. The maximum atomic E-state index is 13.9. The normalized spacial score (nSPS) is 13.3. The van der Waals surface area contributed by atoms with Crippen LogP contribution in [0.1, 0.15) is 29.6 Å². The average Bonchev–Trinajstić information content (AvgIpc) is 3.11. The first-order valence-corrected chi connectivity index (χ1v) is 18.2. The molecule has 0 aliphatic carbocycles. The molecule has 1 amide bonds. The monoisotopic (exact) mass is 690 g/mol. The summed E-state index contributed by atoms with van der Waals surface area (Å²) in [4.78, 5) is 15.4. The second kappa shape index (κ2) is 14.8. The molecule has 0 atom stereocenters. The summed E-state index contributed by atoms with van der Waals surface area (Å²) < 4.78 is 69.7. The summed E-state index contributed by atoms with van der Waals surface area (Å²) in [6.45, 7) is 5.08. The first-order valence-electron chi connectivity index (χ1n) is 15.3. The zero-order valence-electron chi connectivity index (χ0n) is 26.8. The topological polar surface area (TPSA) is 134 Å². The predicted octanol–water partition coefficient (Wildman–Crippen LogP) is 6.13. The van der Waals surface area contributed by atoms with E-state index in [-0.39, 0.29) is 27.6 Å². The standard InChI is InChI=1S/C35H38N4O7S2/c1-4-21-39(31-13-6-7-14-33(31)46-3)48(43,44)30-12-10-11-26(24-30)35(40)36-28-17-20-32(38-22-8-5-9-23-38)34(25-28)47(41,42)37-27-15-18-29(45-2)19-16-27/h4,6-7,10-20,24-25,37H,1,5,8-9,21-23H2,2-3H3,(H,36,40). The van der Waals surface area contributed by atoms with Crippen molar-refractivity contribution in [3.8, 4) is 11.5 Å². The molecule has 48 heavy (non-hydrogen) atoms. The van der Waals surface area contributed by atoms with Crippen molar-refractivity contribution in [3.63, 3.8) is 0 Å². The van der Waals surface area contributed by atoms with E-state index in [0.717, 1.165) is 23.6 Å². The number of amides is 1. The summed E-state index contributed by atoms with van der Waals surface area (Å²) in [6, 6.07) is 23.6. The number of carbonyl (C=O) groups excluding carboxylic acids is 1. The molecule has 0 unspecified atom stereocenters. The summed E-state index contributed by atoms with van der Waals surface area (Å²) in [5, 5.41) is 2.75. The molecule has 0 aromatic heterocycles. The third-order valence-electron chi connectivity index (χ3n) is 7.88. The van der Waals surface area contributed by atoms with Gasteiger partial charge in [-0.2, -0.15) is 0 Å². The van der Waals surface area contributed by atoms with Gasteiger partial charge in [-0.25, -0.2) is 16.8 Å². The Morgan fingerprint density at radius 2 is 1.56 bits per heavy atom. The number of benzene rings is 4. The highest BCUT2D eigenvalue weighted by Crippen LogP contribution is 2.34. The van der Waals surface area contributed by atoms with Crippen LogP contribution in [-0.2, 0) is 20.0 Å². The van der Waals surface area contributed by atoms with Gasteiger partial charge in [0.15, 0.2) is 0 Å². The van der Waals surface area contributed by atoms with E-state index in [0.29, 0.717) is 41.7 Å². The molecule has 1 heterocycles. The van der Waals surface area contributed by atoms with Crippen molar-refractivity contribution >= 4 is 48.7 Å². The van der Waals surface area contributed by atoms with E-state index in [9.17, 15) is 21.6 Å². The van der Waals surface area contributed by atoms with Gasteiger partial charge in [0.2, 0.25) is 0 Å². The van der Waals surface area contributed by atoms with Crippen LogP contribution in [-0.4, -0.2) is 56.6 Å². The molecule has 0 saturated carbocycles. The van der Waals surface area contributed by atoms with Crippen LogP contribution in [0.5, 0.6) is 11.5 Å². The van der Waals surface area contributed by atoms with Crippen molar-refractivity contribution in [1.29, 1.82) is 0 Å². The second-order valence-corrected chi connectivity index (χ2v) is 14.6. The molecule has 252 valence electrons. The lowest BCUT2D eigenvalue weighted by molar-refractivity contribution is 0.102. The van der Waals surface area contributed by atoms with Crippen LogP contribution >= 0.6 is 0 Å². The number of piperidine rings is 1. The number of nitrogens with zero attached hydrogens (tertiary/aromatic N) is 2. The molecule has 1 aliphatic heterocycles. The lowest BCUT2D eigenvalue weighted by Gasteiger charge is -2.30. The smallest absolute Gasteiger partial charge is 0.264 e. The van der Waals surface area contributed by atoms with E-state index in [1.807, 2.05) is 4.90 Å². The number of ether oxygens (including phenoxy) is 2. The predicted molar refractivity (Wildman–Crippen MR) is 188 cm³/mol. The van der Waals surface area contributed by atoms with Gasteiger partial charge in [0.1, 0.15) is 16.4 Å². The fourth-order valence-electron chi connectivity index (χ4n) is 5.48. The largest absolute Gasteiger partial charge is 0.497 e. The van der Waals surface area contributed by atoms with Crippen LogP contribution in [0.3, 0.4) is 0 Å². The van der Waals surface area contributed by atoms with Crippen molar-refractivity contribution in [2.45, 2.75) is 29.1 Å². The molecule has 1 fully saturated rings. The Kier molecular flexibility index (Phi) is 10.6. The number of carbonyl (C=O) groups is 1. The fraction of sp³-hybridized carbons (Fsp3) is 0.229. The van der Waals surface area contributed by atoms with E-state index >= 15 is 0 Å². The lowest BCUT2D eigenvalue weighted by atomic mass is 10.1. The molecule has 11 nitrogen and oxygen atoms in total. The van der Waals surface area contributed by atoms with E-state index in [4.69, 9.17) is 9.47 Å². The van der Waals surface area contributed by atoms with Crippen molar-refractivity contribution in [2.24, 2.45) is 0 Å². The molecular formula is C35H38N4O7S2. The number of rotatable bonds is 13. The number of hydrogen-bond acceptors (Lipinski definition) is 8. The van der Waals surface area contributed by atoms with Crippen LogP contribution in [0.15, 0.2) is 113 Å². The summed E-state index contributed by atoms with van der Waals surface area (Å²) in [6.07, 6.45) is 4.40. The summed E-state index contributed by atoms with van der Waals surface area (Å²) in [5.74, 6) is 0.329. The number of methoxy groups -OCH3 is 2. The number of sulfonamides is 2. The molecule has 5 rings (SSSR count). The van der Waals surface area contributed by atoms with Crippen LogP contribution in [0, 0.1) is 0 Å². The molecule has 2 N–H and O–H groups in total. The molecule has 1 aliphatic rings. The van der Waals surface area contributed by atoms with Gasteiger partial charge in [-0.3, -0.25) is 13.8 Å². The van der Waals surface area contributed by atoms with E-state index in [1.165, 1.54) is 50.6 Å². The van der Waals surface area contributed by atoms with Gasteiger partial charge in [-0.15, -0.1) is 6.58 Å². The minimum Gasteiger partial charge on any atom is -0.497 e. The molecular weight excluding hydrogens is 653 g/mol. The zero-order chi connectivity index (χ0) is 34.3. The molecule has 0 radical (unpaired) electrons. The minimum atomic E-state index is -4.16. The maximum Gasteiger partial charge on any atom is 0.264 e. The number of nitrogens with one attached hydrogen (secondary N) is 2. The van der Waals surface area contributed by atoms with Crippen molar-refractivity contribution in [3.05, 3.63) is 109 Å². The third-order valence-corrected chi connectivity index (χ3v) is 11.1. The summed E-state index contributed by atoms with van der Waals surface area (Å²) in [5.41, 5.74) is 1.49. The SMILES string of the molecule is C=CCN(c1ccccc1OC)S(=O)(=O)c1cccc(C(=O)Nc2ccc(N3CCCCC3)c(S(=O)(=O)Nc3ccc(OC)cc3)c2)c1. The molecule has 0 bridgehead atoms. The van der Waals surface area contributed by atoms with Crippen molar-refractivity contribution < 1.29 is 31.1 Å². The Labute approximate surface area is 281 Å². The van der Waals surface area contributed by atoms with Crippen LogP contribution in [0.4, 0.5) is 22.7 Å². The Hall–Kier alpha value is -5.01. The van der Waals surface area contributed by atoms with Gasteiger partial charge in [-0.05, 0) is 92.1 Å². The highest BCUT2D eigenvalue weighted by atomic mass is 32.2. The molecule has 13 heteroatoms. The highest BCUT2D eigenvalue weighted by molar-refractivity contribution is 7.93. The van der Waals surface area contributed by atoms with Gasteiger partial charge in [0.25, 0.3) is 26.0 Å². The Bertz CT molecular complexity index is 1990. The average molecular weight is 691 g/mol. The van der Waals surface area contributed by atoms with E-state index < -0.39 is 26.0 Å². The van der Waals surface area contributed by atoms with Crippen molar-refractivity contribution in [1.82, 2.24) is 0 Å². The summed E-state index contributed by atoms with van der Waals surface area (Å²) in [7, 11) is -5.27.